The van der Waals surface area contributed by atoms with Gasteiger partial charge in [-0.2, -0.15) is 4.98 Å². The molecule has 2 unspecified atom stereocenters. The first-order valence-corrected chi connectivity index (χ1v) is 6.18. The molecule has 0 fully saturated rings. The summed E-state index contributed by atoms with van der Waals surface area (Å²) >= 11 is 0. The van der Waals surface area contributed by atoms with Gasteiger partial charge in [0.05, 0.1) is 6.54 Å². The minimum absolute atomic E-state index is 0.371. The van der Waals surface area contributed by atoms with Gasteiger partial charge < -0.3 is 11.5 Å². The lowest BCUT2D eigenvalue weighted by Gasteiger charge is -2.29. The molecule has 1 aromatic carbocycles. The monoisotopic (exact) mass is 243 g/mol. The molecule has 0 saturated carbocycles. The fourth-order valence-corrected chi connectivity index (χ4v) is 2.66. The molecule has 0 bridgehead atoms. The summed E-state index contributed by atoms with van der Waals surface area (Å²) < 4.78 is 1.93. The standard InChI is InChI=1S/C13H17N5/c1-8-6-12-16-13(15)17-18(12)7-11(8)9-2-4-10(14)5-3-9/h2-5,8,11H,6-7,14H2,1H3,(H2,15,17). The van der Waals surface area contributed by atoms with Crippen LogP contribution < -0.4 is 11.5 Å². The number of hydrogen-bond acceptors (Lipinski definition) is 4. The molecule has 3 rings (SSSR count). The summed E-state index contributed by atoms with van der Waals surface area (Å²) in [5, 5.41) is 4.24. The molecule has 1 aliphatic heterocycles. The van der Waals surface area contributed by atoms with Crippen molar-refractivity contribution in [2.75, 3.05) is 11.5 Å². The van der Waals surface area contributed by atoms with Crippen molar-refractivity contribution in [2.24, 2.45) is 5.92 Å². The Labute approximate surface area is 106 Å². The molecule has 0 saturated heterocycles. The van der Waals surface area contributed by atoms with E-state index in [1.165, 1.54) is 5.56 Å². The predicted molar refractivity (Wildman–Crippen MR) is 70.9 cm³/mol. The van der Waals surface area contributed by atoms with E-state index in [2.05, 4.69) is 29.1 Å². The molecule has 94 valence electrons. The van der Waals surface area contributed by atoms with E-state index < -0.39 is 0 Å². The molecule has 0 amide bonds. The molecular formula is C13H17N5. The van der Waals surface area contributed by atoms with Gasteiger partial charge in [0.2, 0.25) is 5.95 Å². The summed E-state index contributed by atoms with van der Waals surface area (Å²) in [5.74, 6) is 2.34. The van der Waals surface area contributed by atoms with Crippen LogP contribution in [0.25, 0.3) is 0 Å². The summed E-state index contributed by atoms with van der Waals surface area (Å²) in [4.78, 5) is 4.25. The second-order valence-electron chi connectivity index (χ2n) is 5.02. The summed E-state index contributed by atoms with van der Waals surface area (Å²) in [6.45, 7) is 3.08. The number of nitrogens with two attached hydrogens (primary N) is 2. The largest absolute Gasteiger partial charge is 0.399 e. The summed E-state index contributed by atoms with van der Waals surface area (Å²) in [7, 11) is 0. The highest BCUT2D eigenvalue weighted by molar-refractivity contribution is 5.40. The van der Waals surface area contributed by atoms with Gasteiger partial charge in [0.15, 0.2) is 0 Å². The Bertz CT molecular complexity index is 557. The van der Waals surface area contributed by atoms with Gasteiger partial charge in [-0.05, 0) is 23.6 Å². The second-order valence-corrected chi connectivity index (χ2v) is 5.02. The van der Waals surface area contributed by atoms with Crippen molar-refractivity contribution in [3.8, 4) is 0 Å². The minimum atomic E-state index is 0.371. The van der Waals surface area contributed by atoms with E-state index in [0.717, 1.165) is 24.5 Å². The Balaban J connectivity index is 1.92. The number of rotatable bonds is 1. The van der Waals surface area contributed by atoms with Crippen molar-refractivity contribution in [3.05, 3.63) is 35.7 Å². The zero-order valence-corrected chi connectivity index (χ0v) is 10.4. The van der Waals surface area contributed by atoms with Gasteiger partial charge in [-0.1, -0.05) is 19.1 Å². The number of fused-ring (bicyclic) bond motifs is 1. The lowest BCUT2D eigenvalue weighted by Crippen LogP contribution is -2.27. The van der Waals surface area contributed by atoms with E-state index in [0.29, 0.717) is 17.8 Å². The predicted octanol–water partition coefficient (Wildman–Crippen LogP) is 1.42. The Morgan fingerprint density at radius 1 is 1.22 bits per heavy atom. The third-order valence-electron chi connectivity index (χ3n) is 3.69. The smallest absolute Gasteiger partial charge is 0.239 e. The third kappa shape index (κ3) is 1.81. The minimum Gasteiger partial charge on any atom is -0.399 e. The number of aromatic nitrogens is 3. The first-order valence-electron chi connectivity index (χ1n) is 6.18. The van der Waals surface area contributed by atoms with E-state index in [1.54, 1.807) is 0 Å². The molecule has 2 atom stereocenters. The fraction of sp³-hybridized carbons (Fsp3) is 0.385. The van der Waals surface area contributed by atoms with Crippen molar-refractivity contribution in [1.29, 1.82) is 0 Å². The van der Waals surface area contributed by atoms with Gasteiger partial charge >= 0.3 is 0 Å². The van der Waals surface area contributed by atoms with Gasteiger partial charge in [0, 0.05) is 18.0 Å². The molecule has 0 radical (unpaired) electrons. The zero-order valence-electron chi connectivity index (χ0n) is 10.4. The highest BCUT2D eigenvalue weighted by Gasteiger charge is 2.28. The summed E-state index contributed by atoms with van der Waals surface area (Å²) in [5.41, 5.74) is 13.5. The van der Waals surface area contributed by atoms with Crippen LogP contribution in [0.3, 0.4) is 0 Å². The first kappa shape index (κ1) is 11.1. The Morgan fingerprint density at radius 3 is 2.67 bits per heavy atom. The maximum absolute atomic E-state index is 5.73. The van der Waals surface area contributed by atoms with E-state index in [-0.39, 0.29) is 0 Å². The van der Waals surface area contributed by atoms with Crippen molar-refractivity contribution in [1.82, 2.24) is 14.8 Å². The van der Waals surface area contributed by atoms with Crippen LogP contribution in [0.1, 0.15) is 24.2 Å². The molecular weight excluding hydrogens is 226 g/mol. The molecule has 5 heteroatoms. The molecule has 0 spiro atoms. The van der Waals surface area contributed by atoms with Crippen LogP contribution in [0.15, 0.2) is 24.3 Å². The maximum atomic E-state index is 5.73. The zero-order chi connectivity index (χ0) is 12.7. The van der Waals surface area contributed by atoms with E-state index in [4.69, 9.17) is 11.5 Å². The molecule has 1 aromatic heterocycles. The molecule has 4 N–H and O–H groups in total. The SMILES string of the molecule is CC1Cc2nc(N)nn2CC1c1ccc(N)cc1. The van der Waals surface area contributed by atoms with Crippen molar-refractivity contribution < 1.29 is 0 Å². The highest BCUT2D eigenvalue weighted by Crippen LogP contribution is 2.33. The van der Waals surface area contributed by atoms with Gasteiger partial charge in [-0.15, -0.1) is 5.10 Å². The molecule has 0 aliphatic carbocycles. The maximum Gasteiger partial charge on any atom is 0.239 e. The van der Waals surface area contributed by atoms with E-state index in [9.17, 15) is 0 Å². The Kier molecular flexibility index (Phi) is 2.47. The second kappa shape index (κ2) is 4.01. The molecule has 1 aliphatic rings. The number of anilines is 2. The Morgan fingerprint density at radius 2 is 1.94 bits per heavy atom. The van der Waals surface area contributed by atoms with Crippen LogP contribution in [0.5, 0.6) is 0 Å². The summed E-state index contributed by atoms with van der Waals surface area (Å²) in [6.07, 6.45) is 0.916. The van der Waals surface area contributed by atoms with Gasteiger partial charge in [0.1, 0.15) is 5.82 Å². The quantitative estimate of drug-likeness (QED) is 0.742. The molecule has 5 nitrogen and oxygen atoms in total. The number of nitrogen functional groups attached to an aromatic ring is 2. The van der Waals surface area contributed by atoms with Crippen LogP contribution in [0, 0.1) is 5.92 Å². The van der Waals surface area contributed by atoms with E-state index in [1.807, 2.05) is 16.8 Å². The lowest BCUT2D eigenvalue weighted by atomic mass is 9.83. The third-order valence-corrected chi connectivity index (χ3v) is 3.69. The average molecular weight is 243 g/mol. The van der Waals surface area contributed by atoms with E-state index >= 15 is 0 Å². The van der Waals surface area contributed by atoms with Crippen LogP contribution in [0.2, 0.25) is 0 Å². The van der Waals surface area contributed by atoms with Crippen LogP contribution in [-0.4, -0.2) is 14.8 Å². The fourth-order valence-electron chi connectivity index (χ4n) is 2.66. The van der Waals surface area contributed by atoms with Gasteiger partial charge in [0.25, 0.3) is 0 Å². The normalized spacial score (nSPS) is 22.7. The summed E-state index contributed by atoms with van der Waals surface area (Å²) in [6, 6.07) is 8.10. The van der Waals surface area contributed by atoms with Crippen molar-refractivity contribution >= 4 is 11.6 Å². The molecule has 2 heterocycles. The molecule has 2 aromatic rings. The highest BCUT2D eigenvalue weighted by atomic mass is 15.4. The van der Waals surface area contributed by atoms with Gasteiger partial charge in [-0.25, -0.2) is 4.68 Å². The lowest BCUT2D eigenvalue weighted by molar-refractivity contribution is 0.330. The number of hydrogen-bond donors (Lipinski definition) is 2. The molecule has 18 heavy (non-hydrogen) atoms. The number of benzene rings is 1. The van der Waals surface area contributed by atoms with Crippen LogP contribution in [0.4, 0.5) is 11.6 Å². The van der Waals surface area contributed by atoms with Crippen molar-refractivity contribution in [2.45, 2.75) is 25.8 Å². The first-order chi connectivity index (χ1) is 8.63. The van der Waals surface area contributed by atoms with Crippen LogP contribution >= 0.6 is 0 Å². The number of nitrogens with zero attached hydrogens (tertiary/aromatic N) is 3. The van der Waals surface area contributed by atoms with Crippen LogP contribution in [-0.2, 0) is 13.0 Å². The Hall–Kier alpha value is -2.04. The van der Waals surface area contributed by atoms with Gasteiger partial charge in [-0.3, -0.25) is 0 Å². The topological polar surface area (TPSA) is 82.8 Å². The van der Waals surface area contributed by atoms with Crippen molar-refractivity contribution in [3.63, 3.8) is 0 Å². The average Bonchev–Trinajstić information content (AvgIpc) is 2.68.